The Kier molecular flexibility index (Phi) is 4.29. The van der Waals surface area contributed by atoms with Gasteiger partial charge in [-0.25, -0.2) is 4.39 Å². The zero-order valence-electron chi connectivity index (χ0n) is 10.4. The van der Waals surface area contributed by atoms with Gasteiger partial charge in [0.05, 0.1) is 0 Å². The number of rotatable bonds is 4. The van der Waals surface area contributed by atoms with Crippen LogP contribution in [0.25, 0.3) is 0 Å². The molecule has 0 bridgehead atoms. The van der Waals surface area contributed by atoms with Crippen molar-refractivity contribution in [3.05, 3.63) is 29.6 Å². The summed E-state index contributed by atoms with van der Waals surface area (Å²) in [4.78, 5) is 2.23. The lowest BCUT2D eigenvalue weighted by molar-refractivity contribution is 0.596. The minimum Gasteiger partial charge on any atom is -0.370 e. The van der Waals surface area contributed by atoms with Crippen molar-refractivity contribution in [3.63, 3.8) is 0 Å². The normalized spacial score (nSPS) is 19.6. The molecule has 94 valence electrons. The lowest BCUT2D eigenvalue weighted by atomic mass is 10.1. The summed E-state index contributed by atoms with van der Waals surface area (Å²) in [6.07, 6.45) is 1.19. The van der Waals surface area contributed by atoms with Crippen molar-refractivity contribution in [3.8, 4) is 0 Å². The fourth-order valence-electron chi connectivity index (χ4n) is 2.25. The van der Waals surface area contributed by atoms with E-state index in [1.807, 2.05) is 24.9 Å². The summed E-state index contributed by atoms with van der Waals surface area (Å²) in [6.45, 7) is 0.576. The zero-order chi connectivity index (χ0) is 12.3. The van der Waals surface area contributed by atoms with Gasteiger partial charge in [-0.15, -0.1) is 0 Å². The molecule has 1 aliphatic heterocycles. The SMILES string of the molecule is CNCc1c(F)cccc1N(C)C1CCSC1. The topological polar surface area (TPSA) is 15.3 Å². The van der Waals surface area contributed by atoms with Crippen LogP contribution in [0.4, 0.5) is 10.1 Å². The average Bonchev–Trinajstić information content (AvgIpc) is 2.85. The third-order valence-electron chi connectivity index (χ3n) is 3.28. The summed E-state index contributed by atoms with van der Waals surface area (Å²) in [5.41, 5.74) is 1.79. The van der Waals surface area contributed by atoms with E-state index in [9.17, 15) is 4.39 Å². The van der Waals surface area contributed by atoms with Crippen LogP contribution in [-0.4, -0.2) is 31.6 Å². The van der Waals surface area contributed by atoms with Gasteiger partial charge in [0.15, 0.2) is 0 Å². The molecule has 2 nitrogen and oxygen atoms in total. The van der Waals surface area contributed by atoms with Gasteiger partial charge in [0, 0.05) is 36.6 Å². The number of anilines is 1. The lowest BCUT2D eigenvalue weighted by Crippen LogP contribution is -2.32. The molecule has 1 aliphatic rings. The molecule has 0 spiro atoms. The minimum atomic E-state index is -0.116. The molecule has 1 aromatic rings. The lowest BCUT2D eigenvalue weighted by Gasteiger charge is -2.28. The second kappa shape index (κ2) is 5.74. The third kappa shape index (κ3) is 2.75. The van der Waals surface area contributed by atoms with E-state index in [0.29, 0.717) is 12.6 Å². The molecule has 1 heterocycles. The summed E-state index contributed by atoms with van der Waals surface area (Å²) in [5.74, 6) is 2.24. The molecule has 0 saturated carbocycles. The molecular formula is C13H19FN2S. The van der Waals surface area contributed by atoms with Gasteiger partial charge in [0.25, 0.3) is 0 Å². The highest BCUT2D eigenvalue weighted by atomic mass is 32.2. The Labute approximate surface area is 107 Å². The Hall–Kier alpha value is -0.740. The second-order valence-corrected chi connectivity index (χ2v) is 5.55. The highest BCUT2D eigenvalue weighted by Gasteiger charge is 2.22. The van der Waals surface area contributed by atoms with Gasteiger partial charge in [-0.2, -0.15) is 11.8 Å². The molecular weight excluding hydrogens is 235 g/mol. The molecule has 1 saturated heterocycles. The Morgan fingerprint density at radius 3 is 3.00 bits per heavy atom. The molecule has 1 fully saturated rings. The van der Waals surface area contributed by atoms with Crippen LogP contribution in [-0.2, 0) is 6.54 Å². The molecule has 1 N–H and O–H groups in total. The van der Waals surface area contributed by atoms with Crippen molar-refractivity contribution in [1.29, 1.82) is 0 Å². The Morgan fingerprint density at radius 1 is 1.53 bits per heavy atom. The molecule has 0 amide bonds. The maximum absolute atomic E-state index is 13.8. The van der Waals surface area contributed by atoms with E-state index in [1.165, 1.54) is 18.2 Å². The van der Waals surface area contributed by atoms with Gasteiger partial charge in [-0.3, -0.25) is 0 Å². The molecule has 0 radical (unpaired) electrons. The zero-order valence-corrected chi connectivity index (χ0v) is 11.2. The molecule has 17 heavy (non-hydrogen) atoms. The highest BCUT2D eigenvalue weighted by Crippen LogP contribution is 2.29. The Morgan fingerprint density at radius 2 is 2.35 bits per heavy atom. The van der Waals surface area contributed by atoms with Crippen molar-refractivity contribution >= 4 is 17.4 Å². The number of thioether (sulfide) groups is 1. The van der Waals surface area contributed by atoms with Crippen molar-refractivity contribution in [2.45, 2.75) is 19.0 Å². The van der Waals surface area contributed by atoms with E-state index in [2.05, 4.69) is 17.3 Å². The molecule has 0 aromatic heterocycles. The van der Waals surface area contributed by atoms with Crippen LogP contribution >= 0.6 is 11.8 Å². The van der Waals surface area contributed by atoms with Gasteiger partial charge in [-0.1, -0.05) is 6.07 Å². The van der Waals surface area contributed by atoms with Crippen molar-refractivity contribution in [2.24, 2.45) is 0 Å². The monoisotopic (exact) mass is 254 g/mol. The number of nitrogens with zero attached hydrogens (tertiary/aromatic N) is 1. The minimum absolute atomic E-state index is 0.116. The van der Waals surface area contributed by atoms with Crippen LogP contribution in [0.15, 0.2) is 18.2 Å². The second-order valence-electron chi connectivity index (χ2n) is 4.40. The van der Waals surface area contributed by atoms with Crippen LogP contribution in [0, 0.1) is 5.82 Å². The van der Waals surface area contributed by atoms with E-state index in [-0.39, 0.29) is 5.82 Å². The standard InChI is InChI=1S/C13H19FN2S/c1-15-8-11-12(14)4-3-5-13(11)16(2)10-6-7-17-9-10/h3-5,10,15H,6-9H2,1-2H3. The van der Waals surface area contributed by atoms with E-state index < -0.39 is 0 Å². The largest absolute Gasteiger partial charge is 0.370 e. The van der Waals surface area contributed by atoms with Crippen LogP contribution in [0.2, 0.25) is 0 Å². The first-order valence-corrected chi connectivity index (χ1v) is 7.12. The average molecular weight is 254 g/mol. The van der Waals surface area contributed by atoms with Crippen LogP contribution < -0.4 is 10.2 Å². The van der Waals surface area contributed by atoms with Gasteiger partial charge < -0.3 is 10.2 Å². The van der Waals surface area contributed by atoms with Gasteiger partial charge >= 0.3 is 0 Å². The predicted octanol–water partition coefficient (Wildman–Crippen LogP) is 2.49. The first-order chi connectivity index (χ1) is 8.24. The number of nitrogens with one attached hydrogen (secondary N) is 1. The Balaban J connectivity index is 2.26. The van der Waals surface area contributed by atoms with E-state index in [0.717, 1.165) is 17.0 Å². The maximum atomic E-state index is 13.8. The highest BCUT2D eigenvalue weighted by molar-refractivity contribution is 7.99. The van der Waals surface area contributed by atoms with Gasteiger partial charge in [0.2, 0.25) is 0 Å². The van der Waals surface area contributed by atoms with E-state index in [4.69, 9.17) is 0 Å². The fraction of sp³-hybridized carbons (Fsp3) is 0.538. The summed E-state index contributed by atoms with van der Waals surface area (Å²) < 4.78 is 13.8. The summed E-state index contributed by atoms with van der Waals surface area (Å²) in [5, 5.41) is 3.04. The number of benzene rings is 1. The quantitative estimate of drug-likeness (QED) is 0.888. The van der Waals surface area contributed by atoms with Gasteiger partial charge in [0.1, 0.15) is 5.82 Å². The number of hydrogen-bond donors (Lipinski definition) is 1. The maximum Gasteiger partial charge on any atom is 0.129 e. The number of hydrogen-bond acceptors (Lipinski definition) is 3. The fourth-order valence-corrected chi connectivity index (χ4v) is 3.52. The Bertz CT molecular complexity index is 378. The van der Waals surface area contributed by atoms with Crippen LogP contribution in [0.1, 0.15) is 12.0 Å². The van der Waals surface area contributed by atoms with Gasteiger partial charge in [-0.05, 0) is 31.4 Å². The third-order valence-corrected chi connectivity index (χ3v) is 4.43. The molecule has 1 aromatic carbocycles. The van der Waals surface area contributed by atoms with Crippen molar-refractivity contribution in [1.82, 2.24) is 5.32 Å². The van der Waals surface area contributed by atoms with Crippen molar-refractivity contribution < 1.29 is 4.39 Å². The van der Waals surface area contributed by atoms with Crippen molar-refractivity contribution in [2.75, 3.05) is 30.5 Å². The van der Waals surface area contributed by atoms with E-state index in [1.54, 1.807) is 6.07 Å². The summed E-state index contributed by atoms with van der Waals surface area (Å²) in [7, 11) is 3.92. The molecule has 2 rings (SSSR count). The van der Waals surface area contributed by atoms with E-state index >= 15 is 0 Å². The summed E-state index contributed by atoms with van der Waals surface area (Å²) >= 11 is 1.98. The molecule has 1 unspecified atom stereocenters. The summed E-state index contributed by atoms with van der Waals surface area (Å²) in [6, 6.07) is 5.88. The molecule has 4 heteroatoms. The van der Waals surface area contributed by atoms with Crippen LogP contribution in [0.3, 0.4) is 0 Å². The molecule has 1 atom stereocenters. The smallest absolute Gasteiger partial charge is 0.129 e. The number of halogens is 1. The molecule has 0 aliphatic carbocycles. The van der Waals surface area contributed by atoms with Crippen LogP contribution in [0.5, 0.6) is 0 Å². The first kappa shape index (κ1) is 12.7. The predicted molar refractivity (Wildman–Crippen MR) is 73.3 cm³/mol. The first-order valence-electron chi connectivity index (χ1n) is 5.96.